The Hall–Kier alpha value is -3.40. The number of ether oxygens (including phenoxy) is 1. The Morgan fingerprint density at radius 2 is 2.12 bits per heavy atom. The number of methoxy groups -OCH3 is 1. The zero-order chi connectivity index (χ0) is 18.7. The third-order valence-corrected chi connectivity index (χ3v) is 3.97. The van der Waals surface area contributed by atoms with Crippen molar-refractivity contribution in [3.63, 3.8) is 0 Å². The monoisotopic (exact) mass is 348 g/mol. The van der Waals surface area contributed by atoms with Crippen molar-refractivity contribution in [2.45, 2.75) is 13.5 Å². The lowest BCUT2D eigenvalue weighted by Gasteiger charge is -2.06. The topological polar surface area (TPSA) is 68.4 Å². The Balaban J connectivity index is 2.32. The van der Waals surface area contributed by atoms with Crippen molar-refractivity contribution in [2.75, 3.05) is 21.2 Å². The van der Waals surface area contributed by atoms with E-state index >= 15 is 0 Å². The number of rotatable bonds is 5. The minimum atomic E-state index is 0.416. The van der Waals surface area contributed by atoms with E-state index in [1.165, 1.54) is 6.33 Å². The van der Waals surface area contributed by atoms with E-state index in [-0.39, 0.29) is 0 Å². The number of aromatic nitrogens is 4. The van der Waals surface area contributed by atoms with Gasteiger partial charge in [0.2, 0.25) is 5.88 Å². The number of nitrogens with zero attached hydrogens (tertiary/aromatic N) is 6. The molecule has 0 spiro atoms. The lowest BCUT2D eigenvalue weighted by Crippen LogP contribution is -2.07. The quantitative estimate of drug-likeness (QED) is 0.403. The van der Waals surface area contributed by atoms with Crippen LogP contribution in [0.5, 0.6) is 5.88 Å². The summed E-state index contributed by atoms with van der Waals surface area (Å²) in [4.78, 5) is 19.5. The van der Waals surface area contributed by atoms with Crippen LogP contribution >= 0.6 is 0 Å². The van der Waals surface area contributed by atoms with Crippen molar-refractivity contribution >= 4 is 23.2 Å². The minimum Gasteiger partial charge on any atom is -0.481 e. The second-order valence-corrected chi connectivity index (χ2v) is 5.94. The maximum atomic E-state index is 5.56. The number of terminal acetylenes is 1. The smallest absolute Gasteiger partial charge is 0.212 e. The summed E-state index contributed by atoms with van der Waals surface area (Å²) >= 11 is 0. The molecule has 3 rings (SSSR count). The maximum Gasteiger partial charge on any atom is 0.212 e. The van der Waals surface area contributed by atoms with Gasteiger partial charge in [0.25, 0.3) is 0 Å². The zero-order valence-electron chi connectivity index (χ0n) is 15.3. The lowest BCUT2D eigenvalue weighted by molar-refractivity contribution is 0.398. The molecule has 7 heteroatoms. The van der Waals surface area contributed by atoms with Crippen molar-refractivity contribution in [3.8, 4) is 29.4 Å². The molecule has 7 nitrogen and oxygen atoms in total. The van der Waals surface area contributed by atoms with Gasteiger partial charge >= 0.3 is 0 Å². The van der Waals surface area contributed by atoms with E-state index in [0.717, 1.165) is 27.9 Å². The predicted molar refractivity (Wildman–Crippen MR) is 103 cm³/mol. The predicted octanol–water partition coefficient (Wildman–Crippen LogP) is 2.66. The number of fused-ring (bicyclic) bond motifs is 1. The molecule has 3 aromatic rings. The van der Waals surface area contributed by atoms with Crippen molar-refractivity contribution in [1.29, 1.82) is 0 Å². The second kappa shape index (κ2) is 7.23. The summed E-state index contributed by atoms with van der Waals surface area (Å²) in [7, 11) is 5.41. The first-order chi connectivity index (χ1) is 12.6. The molecule has 26 heavy (non-hydrogen) atoms. The van der Waals surface area contributed by atoms with E-state index in [0.29, 0.717) is 18.2 Å². The highest BCUT2D eigenvalue weighted by Crippen LogP contribution is 2.38. The van der Waals surface area contributed by atoms with Gasteiger partial charge in [-0.3, -0.25) is 0 Å². The molecule has 0 N–H and O–H groups in total. The van der Waals surface area contributed by atoms with Gasteiger partial charge in [0, 0.05) is 43.2 Å². The molecular formula is C19H20N6O. The summed E-state index contributed by atoms with van der Waals surface area (Å²) in [6.45, 7) is 2.43. The first-order valence-electron chi connectivity index (χ1n) is 8.05. The van der Waals surface area contributed by atoms with Gasteiger partial charge in [0.1, 0.15) is 12.0 Å². The summed E-state index contributed by atoms with van der Waals surface area (Å²) < 4.78 is 7.15. The lowest BCUT2D eigenvalue weighted by atomic mass is 10.1. The number of hydrogen-bond donors (Lipinski definition) is 0. The fraction of sp³-hybridized carbons (Fsp3) is 0.263. The fourth-order valence-corrected chi connectivity index (χ4v) is 2.83. The van der Waals surface area contributed by atoms with Gasteiger partial charge in [-0.1, -0.05) is 5.92 Å². The first-order valence-corrected chi connectivity index (χ1v) is 8.05. The molecule has 0 aromatic carbocycles. The van der Waals surface area contributed by atoms with E-state index < -0.39 is 0 Å². The van der Waals surface area contributed by atoms with Crippen LogP contribution in [0.25, 0.3) is 22.2 Å². The van der Waals surface area contributed by atoms with Crippen LogP contribution in [0, 0.1) is 19.3 Å². The van der Waals surface area contributed by atoms with Crippen molar-refractivity contribution in [1.82, 2.24) is 24.4 Å². The molecular weight excluding hydrogens is 328 g/mol. The molecule has 0 amide bonds. The molecule has 0 saturated carbocycles. The van der Waals surface area contributed by atoms with E-state index in [1.807, 2.05) is 42.6 Å². The summed E-state index contributed by atoms with van der Waals surface area (Å²) in [6, 6.07) is 3.78. The zero-order valence-corrected chi connectivity index (χ0v) is 15.3. The van der Waals surface area contributed by atoms with Crippen LogP contribution in [-0.2, 0) is 6.54 Å². The van der Waals surface area contributed by atoms with E-state index in [1.54, 1.807) is 19.6 Å². The highest BCUT2D eigenvalue weighted by atomic mass is 16.5. The molecule has 0 aliphatic carbocycles. The van der Waals surface area contributed by atoms with Crippen LogP contribution in [0.2, 0.25) is 0 Å². The Bertz CT molecular complexity index is 996. The van der Waals surface area contributed by atoms with Gasteiger partial charge in [0.05, 0.1) is 25.4 Å². The molecule has 0 atom stereocenters. The van der Waals surface area contributed by atoms with Gasteiger partial charge in [-0.05, 0) is 13.0 Å². The molecule has 0 aliphatic heterocycles. The van der Waals surface area contributed by atoms with Crippen molar-refractivity contribution < 1.29 is 4.74 Å². The van der Waals surface area contributed by atoms with Crippen LogP contribution < -0.4 is 4.74 Å². The first kappa shape index (κ1) is 17.4. The molecule has 0 saturated heterocycles. The van der Waals surface area contributed by atoms with Gasteiger partial charge in [-0.2, -0.15) is 0 Å². The second-order valence-electron chi connectivity index (χ2n) is 5.94. The molecule has 0 radical (unpaired) electrons. The molecule has 3 heterocycles. The van der Waals surface area contributed by atoms with Crippen molar-refractivity contribution in [3.05, 3.63) is 30.4 Å². The standard InChI is InChI=1S/C19H20N6O/c1-6-9-25-13(2)16(14-7-8-15(26-5)20-10-14)17-18(23-12-24(3)4)21-11-22-19(17)25/h1,7-8,10-12H,9H2,2-5H3/b23-12-. The maximum absolute atomic E-state index is 5.56. The number of aliphatic imine (C=N–C) groups is 1. The Labute approximate surface area is 152 Å². The van der Waals surface area contributed by atoms with E-state index in [9.17, 15) is 0 Å². The summed E-state index contributed by atoms with van der Waals surface area (Å²) in [5.74, 6) is 3.84. The molecule has 0 fully saturated rings. The van der Waals surface area contributed by atoms with Crippen LogP contribution in [-0.4, -0.2) is 52.0 Å². The van der Waals surface area contributed by atoms with E-state index in [2.05, 4.69) is 25.9 Å². The molecule has 132 valence electrons. The normalized spacial score (nSPS) is 11.0. The van der Waals surface area contributed by atoms with Crippen LogP contribution in [0.4, 0.5) is 5.82 Å². The van der Waals surface area contributed by atoms with Gasteiger partial charge in [0.15, 0.2) is 5.82 Å². The highest BCUT2D eigenvalue weighted by molar-refractivity contribution is 6.02. The highest BCUT2D eigenvalue weighted by Gasteiger charge is 2.20. The Kier molecular flexibility index (Phi) is 4.85. The number of pyridine rings is 1. The number of hydrogen-bond acceptors (Lipinski definition) is 5. The van der Waals surface area contributed by atoms with Gasteiger partial charge in [-0.15, -0.1) is 6.42 Å². The van der Waals surface area contributed by atoms with Gasteiger partial charge in [-0.25, -0.2) is 19.9 Å². The van der Waals surface area contributed by atoms with E-state index in [4.69, 9.17) is 11.2 Å². The van der Waals surface area contributed by atoms with Gasteiger partial charge < -0.3 is 14.2 Å². The van der Waals surface area contributed by atoms with Crippen LogP contribution in [0.1, 0.15) is 5.69 Å². The van der Waals surface area contributed by atoms with Crippen molar-refractivity contribution in [2.24, 2.45) is 4.99 Å². The minimum absolute atomic E-state index is 0.416. The molecule has 0 aliphatic rings. The SMILES string of the molecule is C#CCn1c(C)c(-c2ccc(OC)nc2)c2c(/N=C\N(C)C)ncnc21. The Morgan fingerprint density at radius 1 is 1.31 bits per heavy atom. The third-order valence-electron chi connectivity index (χ3n) is 3.97. The molecule has 3 aromatic heterocycles. The largest absolute Gasteiger partial charge is 0.481 e. The summed E-state index contributed by atoms with van der Waals surface area (Å²) in [5, 5.41) is 0.852. The summed E-state index contributed by atoms with van der Waals surface area (Å²) in [6.07, 6.45) is 10.6. The average molecular weight is 348 g/mol. The Morgan fingerprint density at radius 3 is 2.73 bits per heavy atom. The molecule has 0 unspecified atom stereocenters. The molecule has 0 bridgehead atoms. The van der Waals surface area contributed by atoms with Crippen LogP contribution in [0.15, 0.2) is 29.6 Å². The fourth-order valence-electron chi connectivity index (χ4n) is 2.83. The van der Waals surface area contributed by atoms with Crippen LogP contribution in [0.3, 0.4) is 0 Å². The third kappa shape index (κ3) is 3.09. The average Bonchev–Trinajstić information content (AvgIpc) is 2.93. The summed E-state index contributed by atoms with van der Waals surface area (Å²) in [5.41, 5.74) is 3.65.